The summed E-state index contributed by atoms with van der Waals surface area (Å²) < 4.78 is 0.876. The van der Waals surface area contributed by atoms with Crippen LogP contribution in [0.3, 0.4) is 0 Å². The minimum atomic E-state index is -1.14. The van der Waals surface area contributed by atoms with Crippen LogP contribution in [-0.2, 0) is 0 Å². The van der Waals surface area contributed by atoms with Crippen LogP contribution < -0.4 is 4.90 Å². The van der Waals surface area contributed by atoms with E-state index in [0.29, 0.717) is 5.69 Å². The summed E-state index contributed by atoms with van der Waals surface area (Å²) in [5, 5.41) is 9.00. The van der Waals surface area contributed by atoms with E-state index in [9.17, 15) is 14.4 Å². The van der Waals surface area contributed by atoms with Gasteiger partial charge in [-0.05, 0) is 48.9 Å². The lowest BCUT2D eigenvalue weighted by Gasteiger charge is -2.14. The van der Waals surface area contributed by atoms with E-state index in [1.807, 2.05) is 6.92 Å². The molecule has 3 rings (SSSR count). The van der Waals surface area contributed by atoms with Gasteiger partial charge >= 0.3 is 5.97 Å². The predicted molar refractivity (Wildman–Crippen MR) is 83.4 cm³/mol. The van der Waals surface area contributed by atoms with Crippen LogP contribution in [0.2, 0.25) is 0 Å². The number of carbonyl (C=O) groups is 3. The number of rotatable bonds is 2. The maximum Gasteiger partial charge on any atom is 0.335 e. The summed E-state index contributed by atoms with van der Waals surface area (Å²) in [6, 6.07) is 9.09. The Bertz CT molecular complexity index is 844. The van der Waals surface area contributed by atoms with Crippen molar-refractivity contribution in [3.63, 3.8) is 0 Å². The molecule has 1 aliphatic heterocycles. The van der Waals surface area contributed by atoms with Gasteiger partial charge in [0.25, 0.3) is 11.8 Å². The van der Waals surface area contributed by atoms with E-state index in [1.165, 1.54) is 18.2 Å². The van der Waals surface area contributed by atoms with Crippen LogP contribution in [0.5, 0.6) is 0 Å². The summed E-state index contributed by atoms with van der Waals surface area (Å²) >= 11 is 3.37. The SMILES string of the molecule is Cc1cc(N2C(=O)c3ccc(C(=O)O)cc3C2=O)ccc1Br. The number of aryl methyl sites for hydroxylation is 1. The van der Waals surface area contributed by atoms with Gasteiger partial charge < -0.3 is 5.11 Å². The second-order valence-corrected chi connectivity index (χ2v) is 5.80. The number of carboxylic acid groups (broad SMARTS) is 1. The Morgan fingerprint density at radius 3 is 2.36 bits per heavy atom. The van der Waals surface area contributed by atoms with Crippen LogP contribution in [-0.4, -0.2) is 22.9 Å². The molecular formula is C16H10BrNO4. The van der Waals surface area contributed by atoms with E-state index in [-0.39, 0.29) is 16.7 Å². The van der Waals surface area contributed by atoms with Gasteiger partial charge in [0.1, 0.15) is 0 Å². The smallest absolute Gasteiger partial charge is 0.335 e. The Kier molecular flexibility index (Phi) is 3.33. The van der Waals surface area contributed by atoms with Gasteiger partial charge in [-0.25, -0.2) is 9.69 Å². The summed E-state index contributed by atoms with van der Waals surface area (Å²) in [6.45, 7) is 1.86. The molecule has 22 heavy (non-hydrogen) atoms. The minimum Gasteiger partial charge on any atom is -0.478 e. The zero-order chi connectivity index (χ0) is 16.0. The molecule has 0 atom stereocenters. The molecule has 0 saturated carbocycles. The number of anilines is 1. The zero-order valence-electron chi connectivity index (χ0n) is 11.5. The van der Waals surface area contributed by atoms with Gasteiger partial charge in [0.15, 0.2) is 0 Å². The van der Waals surface area contributed by atoms with Gasteiger partial charge in [0.2, 0.25) is 0 Å². The number of hydrogen-bond donors (Lipinski definition) is 1. The third-order valence-electron chi connectivity index (χ3n) is 3.53. The standard InChI is InChI=1S/C16H10BrNO4/c1-8-6-10(3-5-13(8)17)18-14(19)11-4-2-9(16(21)22)7-12(11)15(18)20/h2-7H,1H3,(H,21,22). The number of halogens is 1. The number of nitrogens with zero attached hydrogens (tertiary/aromatic N) is 1. The summed E-state index contributed by atoms with van der Waals surface area (Å²) in [4.78, 5) is 37.0. The van der Waals surface area contributed by atoms with Crippen molar-refractivity contribution in [1.29, 1.82) is 0 Å². The molecule has 0 fully saturated rings. The van der Waals surface area contributed by atoms with Crippen molar-refractivity contribution in [3.8, 4) is 0 Å². The predicted octanol–water partition coefficient (Wildman–Crippen LogP) is 3.26. The lowest BCUT2D eigenvalue weighted by Crippen LogP contribution is -2.29. The molecule has 0 spiro atoms. The molecule has 0 saturated heterocycles. The van der Waals surface area contributed by atoms with Crippen molar-refractivity contribution in [2.75, 3.05) is 4.90 Å². The average molecular weight is 360 g/mol. The largest absolute Gasteiger partial charge is 0.478 e. The number of hydrogen-bond acceptors (Lipinski definition) is 3. The Morgan fingerprint density at radius 2 is 1.73 bits per heavy atom. The third kappa shape index (κ3) is 2.12. The molecule has 110 valence electrons. The third-order valence-corrected chi connectivity index (χ3v) is 4.42. The topological polar surface area (TPSA) is 74.7 Å². The summed E-state index contributed by atoms with van der Waals surface area (Å²) in [5.41, 5.74) is 1.67. The van der Waals surface area contributed by atoms with Crippen molar-refractivity contribution >= 4 is 39.4 Å². The maximum atomic E-state index is 12.5. The van der Waals surface area contributed by atoms with Crippen LogP contribution >= 0.6 is 15.9 Å². The van der Waals surface area contributed by atoms with Gasteiger partial charge in [-0.2, -0.15) is 0 Å². The number of aromatic carboxylic acids is 1. The molecule has 5 nitrogen and oxygen atoms in total. The normalized spacial score (nSPS) is 13.5. The van der Waals surface area contributed by atoms with E-state index in [1.54, 1.807) is 18.2 Å². The highest BCUT2D eigenvalue weighted by Gasteiger charge is 2.37. The molecule has 0 unspecified atom stereocenters. The molecule has 1 aliphatic rings. The molecule has 2 amide bonds. The number of imide groups is 1. The zero-order valence-corrected chi connectivity index (χ0v) is 13.0. The average Bonchev–Trinajstić information content (AvgIpc) is 2.73. The quantitative estimate of drug-likeness (QED) is 0.835. The van der Waals surface area contributed by atoms with E-state index in [2.05, 4.69) is 15.9 Å². The summed E-state index contributed by atoms with van der Waals surface area (Å²) in [5.74, 6) is -2.09. The summed E-state index contributed by atoms with van der Waals surface area (Å²) in [6.07, 6.45) is 0. The van der Waals surface area contributed by atoms with E-state index < -0.39 is 17.8 Å². The fourth-order valence-corrected chi connectivity index (χ4v) is 2.62. The fraction of sp³-hybridized carbons (Fsp3) is 0.0625. The lowest BCUT2D eigenvalue weighted by molar-refractivity contribution is 0.0696. The molecule has 0 radical (unpaired) electrons. The molecule has 0 bridgehead atoms. The molecule has 0 aromatic heterocycles. The van der Waals surface area contributed by atoms with Crippen molar-refractivity contribution in [2.45, 2.75) is 6.92 Å². The van der Waals surface area contributed by atoms with Crippen LogP contribution in [0, 0.1) is 6.92 Å². The van der Waals surface area contributed by atoms with Crippen molar-refractivity contribution in [2.24, 2.45) is 0 Å². The number of benzene rings is 2. The van der Waals surface area contributed by atoms with Crippen LogP contribution in [0.15, 0.2) is 40.9 Å². The lowest BCUT2D eigenvalue weighted by atomic mass is 10.1. The number of carboxylic acids is 1. The van der Waals surface area contributed by atoms with Gasteiger partial charge in [0.05, 0.1) is 22.4 Å². The first-order valence-corrected chi connectivity index (χ1v) is 7.21. The Balaban J connectivity index is 2.09. The first-order valence-electron chi connectivity index (χ1n) is 6.42. The second-order valence-electron chi connectivity index (χ2n) is 4.94. The fourth-order valence-electron chi connectivity index (χ4n) is 2.38. The van der Waals surface area contributed by atoms with Crippen molar-refractivity contribution in [1.82, 2.24) is 0 Å². The number of carbonyl (C=O) groups excluding carboxylic acids is 2. The number of fused-ring (bicyclic) bond motifs is 1. The van der Waals surface area contributed by atoms with Crippen LogP contribution in [0.1, 0.15) is 36.6 Å². The molecule has 6 heteroatoms. The molecule has 2 aromatic carbocycles. The highest BCUT2D eigenvalue weighted by molar-refractivity contribution is 9.10. The monoisotopic (exact) mass is 359 g/mol. The highest BCUT2D eigenvalue weighted by atomic mass is 79.9. The summed E-state index contributed by atoms with van der Waals surface area (Å²) in [7, 11) is 0. The van der Waals surface area contributed by atoms with E-state index >= 15 is 0 Å². The van der Waals surface area contributed by atoms with Crippen LogP contribution in [0.25, 0.3) is 0 Å². The van der Waals surface area contributed by atoms with E-state index in [4.69, 9.17) is 5.11 Å². The van der Waals surface area contributed by atoms with Crippen LogP contribution in [0.4, 0.5) is 5.69 Å². The van der Waals surface area contributed by atoms with Gasteiger partial charge in [-0.15, -0.1) is 0 Å². The molecular weight excluding hydrogens is 350 g/mol. The maximum absolute atomic E-state index is 12.5. The molecule has 0 aliphatic carbocycles. The Hall–Kier alpha value is -2.47. The van der Waals surface area contributed by atoms with Gasteiger partial charge in [0, 0.05) is 4.47 Å². The van der Waals surface area contributed by atoms with Gasteiger partial charge in [-0.3, -0.25) is 9.59 Å². The first-order chi connectivity index (χ1) is 10.4. The Morgan fingerprint density at radius 1 is 1.05 bits per heavy atom. The Labute approximate surface area is 134 Å². The van der Waals surface area contributed by atoms with E-state index in [0.717, 1.165) is 14.9 Å². The van der Waals surface area contributed by atoms with Crippen molar-refractivity contribution in [3.05, 3.63) is 63.1 Å². The highest BCUT2D eigenvalue weighted by Crippen LogP contribution is 2.31. The van der Waals surface area contributed by atoms with Crippen molar-refractivity contribution < 1.29 is 19.5 Å². The van der Waals surface area contributed by atoms with Gasteiger partial charge in [-0.1, -0.05) is 15.9 Å². The molecule has 1 N–H and O–H groups in total. The first kappa shape index (κ1) is 14.5. The minimum absolute atomic E-state index is 0.0197. The number of amides is 2. The molecule has 1 heterocycles. The second kappa shape index (κ2) is 5.06. The molecule has 2 aromatic rings.